The molecule has 0 spiro atoms. The Labute approximate surface area is 148 Å². The minimum absolute atomic E-state index is 0. The van der Waals surface area contributed by atoms with Gasteiger partial charge in [0.15, 0.2) is 0 Å². The number of aromatic nitrogens is 1. The van der Waals surface area contributed by atoms with Crippen LogP contribution in [0, 0.1) is 0 Å². The van der Waals surface area contributed by atoms with Crippen molar-refractivity contribution in [1.82, 2.24) is 15.6 Å². The van der Waals surface area contributed by atoms with Crippen molar-refractivity contribution >= 4 is 41.5 Å². The van der Waals surface area contributed by atoms with Gasteiger partial charge in [0.05, 0.1) is 24.9 Å². The Bertz CT molecular complexity index is 649. The summed E-state index contributed by atoms with van der Waals surface area (Å²) in [6.45, 7) is 3.68. The molecule has 3 rings (SSSR count). The molecule has 1 aromatic heterocycles. The highest BCUT2D eigenvalue weighted by atomic mass is 35.5. The molecule has 23 heavy (non-hydrogen) atoms. The summed E-state index contributed by atoms with van der Waals surface area (Å²) < 4.78 is 5.49. The van der Waals surface area contributed by atoms with Crippen molar-refractivity contribution in [2.75, 3.05) is 13.2 Å². The number of nitrogens with zero attached hydrogens (tertiary/aromatic N) is 1. The number of rotatable bonds is 3. The van der Waals surface area contributed by atoms with Crippen molar-refractivity contribution in [1.29, 1.82) is 0 Å². The number of ether oxygens (including phenoxy) is 1. The molecule has 126 valence electrons. The quantitative estimate of drug-likeness (QED) is 0.882. The molecule has 1 aliphatic heterocycles. The topological polar surface area (TPSA) is 63.2 Å². The van der Waals surface area contributed by atoms with E-state index < -0.39 is 0 Å². The van der Waals surface area contributed by atoms with Crippen LogP contribution in [0.15, 0.2) is 36.5 Å². The first-order chi connectivity index (χ1) is 10.3. The Kier molecular flexibility index (Phi) is 7.72. The molecular formula is C16H21Cl2N3O2. The summed E-state index contributed by atoms with van der Waals surface area (Å²) in [5, 5.41) is 8.33. The molecule has 0 radical (unpaired) electrons. The lowest BCUT2D eigenvalue weighted by molar-refractivity contribution is -0.129. The number of hydrogen-bond acceptors (Lipinski definition) is 4. The van der Waals surface area contributed by atoms with Gasteiger partial charge in [-0.05, 0) is 18.4 Å². The predicted molar refractivity (Wildman–Crippen MR) is 95.3 cm³/mol. The lowest BCUT2D eigenvalue weighted by Crippen LogP contribution is -2.55. The molecule has 1 aromatic carbocycles. The van der Waals surface area contributed by atoms with Gasteiger partial charge in [0.1, 0.15) is 6.04 Å². The number of fused-ring (bicyclic) bond motifs is 1. The Hall–Kier alpha value is -1.40. The number of halogens is 2. The van der Waals surface area contributed by atoms with E-state index in [1.807, 2.05) is 37.3 Å². The average Bonchev–Trinajstić information content (AvgIpc) is 2.53. The van der Waals surface area contributed by atoms with Crippen molar-refractivity contribution in [2.45, 2.75) is 25.6 Å². The zero-order chi connectivity index (χ0) is 14.7. The minimum atomic E-state index is -0.297. The molecule has 2 heterocycles. The molecule has 5 nitrogen and oxygen atoms in total. The molecule has 0 saturated carbocycles. The Morgan fingerprint density at radius 2 is 2.13 bits per heavy atom. The maximum absolute atomic E-state index is 12.2. The number of pyridine rings is 1. The molecule has 0 bridgehead atoms. The van der Waals surface area contributed by atoms with Gasteiger partial charge in [-0.1, -0.05) is 24.3 Å². The van der Waals surface area contributed by atoms with Crippen molar-refractivity contribution in [3.8, 4) is 0 Å². The smallest absolute Gasteiger partial charge is 0.240 e. The Balaban J connectivity index is 0.00000132. The summed E-state index contributed by atoms with van der Waals surface area (Å²) in [6.07, 6.45) is 1.66. The highest BCUT2D eigenvalue weighted by Gasteiger charge is 2.28. The predicted octanol–water partition coefficient (Wildman–Crippen LogP) is 2.07. The third kappa shape index (κ3) is 4.54. The van der Waals surface area contributed by atoms with Crippen LogP contribution >= 0.6 is 24.8 Å². The van der Waals surface area contributed by atoms with Gasteiger partial charge in [0.2, 0.25) is 5.91 Å². The number of hydrogen-bond donors (Lipinski definition) is 2. The fourth-order valence-electron chi connectivity index (χ4n) is 2.63. The van der Waals surface area contributed by atoms with Gasteiger partial charge >= 0.3 is 0 Å². The number of nitrogens with one attached hydrogen (secondary N) is 2. The normalized spacial score (nSPS) is 20.2. The molecule has 0 aliphatic carbocycles. The van der Waals surface area contributed by atoms with Crippen molar-refractivity contribution in [3.63, 3.8) is 0 Å². The van der Waals surface area contributed by atoms with Crippen LogP contribution in [0.5, 0.6) is 0 Å². The summed E-state index contributed by atoms with van der Waals surface area (Å²) in [5.74, 6) is -0.0445. The van der Waals surface area contributed by atoms with Gasteiger partial charge < -0.3 is 15.4 Å². The molecular weight excluding hydrogens is 337 g/mol. The van der Waals surface area contributed by atoms with E-state index in [2.05, 4.69) is 15.6 Å². The van der Waals surface area contributed by atoms with E-state index in [1.165, 1.54) is 0 Å². The van der Waals surface area contributed by atoms with Gasteiger partial charge in [-0.3, -0.25) is 9.78 Å². The highest BCUT2D eigenvalue weighted by molar-refractivity contribution is 5.86. The average molecular weight is 358 g/mol. The fourth-order valence-corrected chi connectivity index (χ4v) is 2.63. The van der Waals surface area contributed by atoms with Crippen LogP contribution in [-0.2, 0) is 16.1 Å². The highest BCUT2D eigenvalue weighted by Crippen LogP contribution is 2.16. The lowest BCUT2D eigenvalue weighted by atomic mass is 10.1. The molecule has 1 fully saturated rings. The standard InChI is InChI=1S/C16H19N3O2.2ClH/c1-11-15(18-8-9-21-11)16(20)19-10-14-13-5-3-2-4-12(13)6-7-17-14;;/h2-7,11,15,18H,8-10H2,1H3,(H,19,20);2*1H/t11-,15+;;/m1../s1. The van der Waals surface area contributed by atoms with Gasteiger partial charge in [-0.15, -0.1) is 24.8 Å². The second-order valence-electron chi connectivity index (χ2n) is 5.20. The van der Waals surface area contributed by atoms with Crippen molar-refractivity contribution in [2.24, 2.45) is 0 Å². The number of amides is 1. The maximum Gasteiger partial charge on any atom is 0.240 e. The van der Waals surface area contributed by atoms with Crippen LogP contribution in [0.25, 0.3) is 10.8 Å². The maximum atomic E-state index is 12.2. The monoisotopic (exact) mass is 357 g/mol. The molecule has 2 aromatic rings. The van der Waals surface area contributed by atoms with Crippen molar-refractivity contribution in [3.05, 3.63) is 42.2 Å². The van der Waals surface area contributed by atoms with E-state index in [0.717, 1.165) is 16.5 Å². The van der Waals surface area contributed by atoms with Crippen LogP contribution in [0.4, 0.5) is 0 Å². The number of carbonyl (C=O) groups is 1. The van der Waals surface area contributed by atoms with Gasteiger partial charge in [0, 0.05) is 18.1 Å². The third-order valence-corrected chi connectivity index (χ3v) is 3.79. The van der Waals surface area contributed by atoms with Crippen LogP contribution in [0.1, 0.15) is 12.6 Å². The van der Waals surface area contributed by atoms with E-state index >= 15 is 0 Å². The molecule has 1 aliphatic rings. The number of benzene rings is 1. The van der Waals surface area contributed by atoms with E-state index in [-0.39, 0.29) is 42.9 Å². The summed E-state index contributed by atoms with van der Waals surface area (Å²) in [7, 11) is 0. The molecule has 1 amide bonds. The van der Waals surface area contributed by atoms with Crippen LogP contribution in [0.2, 0.25) is 0 Å². The van der Waals surface area contributed by atoms with E-state index in [4.69, 9.17) is 4.74 Å². The Morgan fingerprint density at radius 1 is 1.35 bits per heavy atom. The SMILES string of the molecule is C[C@H]1OCCN[C@@H]1C(=O)NCc1nccc2ccccc12.Cl.Cl. The Morgan fingerprint density at radius 3 is 2.91 bits per heavy atom. The first-order valence-electron chi connectivity index (χ1n) is 7.21. The van der Waals surface area contributed by atoms with Crippen molar-refractivity contribution < 1.29 is 9.53 Å². The largest absolute Gasteiger partial charge is 0.375 e. The summed E-state index contributed by atoms with van der Waals surface area (Å²) >= 11 is 0. The second kappa shape index (κ2) is 9.03. The minimum Gasteiger partial charge on any atom is -0.375 e. The number of morpholine rings is 1. The fraction of sp³-hybridized carbons (Fsp3) is 0.375. The summed E-state index contributed by atoms with van der Waals surface area (Å²) in [5.41, 5.74) is 0.880. The van der Waals surface area contributed by atoms with Crippen LogP contribution in [0.3, 0.4) is 0 Å². The van der Waals surface area contributed by atoms with Gasteiger partial charge in [-0.25, -0.2) is 0 Å². The van der Waals surface area contributed by atoms with Crippen LogP contribution in [-0.4, -0.2) is 36.2 Å². The van der Waals surface area contributed by atoms with Gasteiger partial charge in [-0.2, -0.15) is 0 Å². The van der Waals surface area contributed by atoms with E-state index in [9.17, 15) is 4.79 Å². The zero-order valence-electron chi connectivity index (χ0n) is 12.8. The molecule has 2 N–H and O–H groups in total. The lowest BCUT2D eigenvalue weighted by Gasteiger charge is -2.29. The molecule has 2 atom stereocenters. The van der Waals surface area contributed by atoms with E-state index in [0.29, 0.717) is 19.7 Å². The van der Waals surface area contributed by atoms with Gasteiger partial charge in [0.25, 0.3) is 0 Å². The molecule has 0 unspecified atom stereocenters. The van der Waals surface area contributed by atoms with E-state index in [1.54, 1.807) is 6.20 Å². The van der Waals surface area contributed by atoms with Crippen LogP contribution < -0.4 is 10.6 Å². The second-order valence-corrected chi connectivity index (χ2v) is 5.20. The third-order valence-electron chi connectivity index (χ3n) is 3.79. The number of carbonyl (C=O) groups excluding carboxylic acids is 1. The zero-order valence-corrected chi connectivity index (χ0v) is 14.5. The first kappa shape index (κ1) is 19.6. The molecule has 1 saturated heterocycles. The molecule has 7 heteroatoms. The summed E-state index contributed by atoms with van der Waals surface area (Å²) in [6, 6.07) is 9.71. The first-order valence-corrected chi connectivity index (χ1v) is 7.21. The summed E-state index contributed by atoms with van der Waals surface area (Å²) in [4.78, 5) is 16.6.